The fourth-order valence-corrected chi connectivity index (χ4v) is 2.89. The smallest absolute Gasteiger partial charge is 0.0470 e. The molecule has 2 atom stereocenters. The fourth-order valence-electron chi connectivity index (χ4n) is 2.09. The highest BCUT2D eigenvalue weighted by molar-refractivity contribution is 7.98. The lowest BCUT2D eigenvalue weighted by atomic mass is 9.94. The van der Waals surface area contributed by atoms with E-state index in [1.54, 1.807) is 0 Å². The first-order chi connectivity index (χ1) is 6.31. The van der Waals surface area contributed by atoms with E-state index >= 15 is 0 Å². The zero-order valence-corrected chi connectivity index (χ0v) is 9.52. The Kier molecular flexibility index (Phi) is 5.14. The van der Waals surface area contributed by atoms with Crippen molar-refractivity contribution in [2.24, 2.45) is 11.8 Å². The van der Waals surface area contributed by atoms with Crippen molar-refractivity contribution in [1.82, 2.24) is 4.90 Å². The van der Waals surface area contributed by atoms with E-state index in [0.29, 0.717) is 12.5 Å². The Balaban J connectivity index is 2.33. The van der Waals surface area contributed by atoms with Crippen LogP contribution in [0.2, 0.25) is 0 Å². The Hall–Kier alpha value is 0.270. The molecule has 13 heavy (non-hydrogen) atoms. The van der Waals surface area contributed by atoms with Crippen molar-refractivity contribution in [2.45, 2.75) is 13.3 Å². The Morgan fingerprint density at radius 2 is 2.38 bits per heavy atom. The Labute approximate surface area is 85.7 Å². The van der Waals surface area contributed by atoms with Gasteiger partial charge in [0, 0.05) is 13.2 Å². The summed E-state index contributed by atoms with van der Waals surface area (Å²) in [6.45, 7) is 6.16. The van der Waals surface area contributed by atoms with Crippen LogP contribution in [0.25, 0.3) is 0 Å². The van der Waals surface area contributed by atoms with E-state index in [-0.39, 0.29) is 0 Å². The highest BCUT2D eigenvalue weighted by Gasteiger charge is 2.27. The third-order valence-corrected chi connectivity index (χ3v) is 3.80. The summed E-state index contributed by atoms with van der Waals surface area (Å²) < 4.78 is 0. The maximum absolute atomic E-state index is 9.24. The van der Waals surface area contributed by atoms with Crippen molar-refractivity contribution in [3.8, 4) is 0 Å². The maximum Gasteiger partial charge on any atom is 0.0470 e. The van der Waals surface area contributed by atoms with Crippen LogP contribution in [0.1, 0.15) is 13.3 Å². The summed E-state index contributed by atoms with van der Waals surface area (Å²) in [7, 11) is 0. The zero-order valence-electron chi connectivity index (χ0n) is 8.70. The van der Waals surface area contributed by atoms with Gasteiger partial charge in [0.1, 0.15) is 0 Å². The molecule has 1 heterocycles. The summed E-state index contributed by atoms with van der Waals surface area (Å²) in [6.07, 6.45) is 3.40. The molecule has 1 N–H and O–H groups in total. The minimum Gasteiger partial charge on any atom is -0.396 e. The van der Waals surface area contributed by atoms with Crippen molar-refractivity contribution in [3.63, 3.8) is 0 Å². The van der Waals surface area contributed by atoms with Crippen molar-refractivity contribution < 1.29 is 5.11 Å². The van der Waals surface area contributed by atoms with Gasteiger partial charge in [-0.2, -0.15) is 11.8 Å². The topological polar surface area (TPSA) is 23.5 Å². The van der Waals surface area contributed by atoms with Gasteiger partial charge in [-0.1, -0.05) is 6.92 Å². The first-order valence-corrected chi connectivity index (χ1v) is 6.53. The van der Waals surface area contributed by atoms with E-state index in [2.05, 4.69) is 18.1 Å². The summed E-state index contributed by atoms with van der Waals surface area (Å²) in [5, 5.41) is 9.24. The lowest BCUT2D eigenvalue weighted by Crippen LogP contribution is -2.25. The molecule has 0 spiro atoms. The molecule has 0 aromatic heterocycles. The average molecular weight is 203 g/mol. The Morgan fingerprint density at radius 3 is 2.85 bits per heavy atom. The van der Waals surface area contributed by atoms with E-state index in [9.17, 15) is 5.11 Å². The predicted octanol–water partition coefficient (Wildman–Crippen LogP) is 1.30. The molecule has 0 radical (unpaired) electrons. The van der Waals surface area contributed by atoms with Crippen molar-refractivity contribution in [2.75, 3.05) is 38.2 Å². The largest absolute Gasteiger partial charge is 0.396 e. The van der Waals surface area contributed by atoms with Crippen LogP contribution in [0.15, 0.2) is 0 Å². The summed E-state index contributed by atoms with van der Waals surface area (Å²) in [4.78, 5) is 2.48. The number of hydrogen-bond acceptors (Lipinski definition) is 3. The molecule has 1 saturated heterocycles. The van der Waals surface area contributed by atoms with E-state index in [4.69, 9.17) is 0 Å². The number of aliphatic hydroxyl groups is 1. The van der Waals surface area contributed by atoms with Gasteiger partial charge in [0.2, 0.25) is 0 Å². The molecule has 78 valence electrons. The molecule has 3 heteroatoms. The normalized spacial score (nSPS) is 26.5. The third-order valence-electron chi connectivity index (χ3n) is 3.04. The lowest BCUT2D eigenvalue weighted by Gasteiger charge is -2.20. The second kappa shape index (κ2) is 5.89. The standard InChI is InChI=1S/C10H21NOS/c1-3-11-5-4-9(6-11)10(7-12)8-13-2/h9-10,12H,3-8H2,1-2H3. The van der Waals surface area contributed by atoms with Crippen LogP contribution in [0.4, 0.5) is 0 Å². The number of nitrogens with zero attached hydrogens (tertiary/aromatic N) is 1. The highest BCUT2D eigenvalue weighted by atomic mass is 32.2. The van der Waals surface area contributed by atoms with Gasteiger partial charge in [0.05, 0.1) is 0 Å². The predicted molar refractivity (Wildman–Crippen MR) is 59.2 cm³/mol. The van der Waals surface area contributed by atoms with E-state index in [0.717, 1.165) is 18.2 Å². The molecule has 0 aliphatic carbocycles. The molecule has 2 unspecified atom stereocenters. The SMILES string of the molecule is CCN1CCC(C(CO)CSC)C1. The molecule has 1 fully saturated rings. The van der Waals surface area contributed by atoms with Crippen LogP contribution in [-0.4, -0.2) is 48.3 Å². The molecular formula is C10H21NOS. The summed E-state index contributed by atoms with van der Waals surface area (Å²) >= 11 is 1.85. The molecule has 1 aliphatic heterocycles. The van der Waals surface area contributed by atoms with Crippen molar-refractivity contribution >= 4 is 11.8 Å². The first-order valence-electron chi connectivity index (χ1n) is 5.14. The maximum atomic E-state index is 9.24. The monoisotopic (exact) mass is 203 g/mol. The van der Waals surface area contributed by atoms with Gasteiger partial charge in [-0.05, 0) is 43.4 Å². The minimum absolute atomic E-state index is 0.364. The van der Waals surface area contributed by atoms with Gasteiger partial charge in [-0.15, -0.1) is 0 Å². The van der Waals surface area contributed by atoms with Gasteiger partial charge in [-0.25, -0.2) is 0 Å². The second-order valence-corrected chi connectivity index (χ2v) is 4.75. The quantitative estimate of drug-likeness (QED) is 0.728. The molecule has 0 aromatic carbocycles. The highest BCUT2D eigenvalue weighted by Crippen LogP contribution is 2.25. The van der Waals surface area contributed by atoms with Crippen LogP contribution in [-0.2, 0) is 0 Å². The van der Waals surface area contributed by atoms with Crippen molar-refractivity contribution in [1.29, 1.82) is 0 Å². The van der Waals surface area contributed by atoms with Crippen LogP contribution in [0.3, 0.4) is 0 Å². The van der Waals surface area contributed by atoms with E-state index < -0.39 is 0 Å². The Morgan fingerprint density at radius 1 is 1.62 bits per heavy atom. The molecule has 1 aliphatic rings. The van der Waals surface area contributed by atoms with Crippen LogP contribution >= 0.6 is 11.8 Å². The molecule has 0 amide bonds. The van der Waals surface area contributed by atoms with Crippen LogP contribution in [0.5, 0.6) is 0 Å². The Bertz CT molecular complexity index is 143. The van der Waals surface area contributed by atoms with Gasteiger partial charge >= 0.3 is 0 Å². The second-order valence-electron chi connectivity index (χ2n) is 3.84. The fraction of sp³-hybridized carbons (Fsp3) is 1.00. The van der Waals surface area contributed by atoms with Crippen LogP contribution in [0, 0.1) is 11.8 Å². The van der Waals surface area contributed by atoms with Crippen molar-refractivity contribution in [3.05, 3.63) is 0 Å². The molecular weight excluding hydrogens is 182 g/mol. The third kappa shape index (κ3) is 3.15. The number of thioether (sulfide) groups is 1. The molecule has 0 bridgehead atoms. The summed E-state index contributed by atoms with van der Waals surface area (Å²) in [5.74, 6) is 2.36. The lowest BCUT2D eigenvalue weighted by molar-refractivity contribution is 0.190. The number of likely N-dealkylation sites (tertiary alicyclic amines) is 1. The van der Waals surface area contributed by atoms with Crippen LogP contribution < -0.4 is 0 Å². The molecule has 2 nitrogen and oxygen atoms in total. The number of rotatable bonds is 5. The zero-order chi connectivity index (χ0) is 9.68. The number of aliphatic hydroxyl groups excluding tert-OH is 1. The first kappa shape index (κ1) is 11.3. The van der Waals surface area contributed by atoms with Gasteiger partial charge in [-0.3, -0.25) is 0 Å². The number of hydrogen-bond donors (Lipinski definition) is 1. The molecule has 1 rings (SSSR count). The summed E-state index contributed by atoms with van der Waals surface area (Å²) in [6, 6.07) is 0. The molecule has 0 saturated carbocycles. The summed E-state index contributed by atoms with van der Waals surface area (Å²) in [5.41, 5.74) is 0. The van der Waals surface area contributed by atoms with E-state index in [1.807, 2.05) is 11.8 Å². The average Bonchev–Trinajstić information content (AvgIpc) is 2.62. The van der Waals surface area contributed by atoms with Gasteiger partial charge < -0.3 is 10.0 Å². The van der Waals surface area contributed by atoms with E-state index in [1.165, 1.54) is 19.5 Å². The minimum atomic E-state index is 0.364. The molecule has 0 aromatic rings. The van der Waals surface area contributed by atoms with Gasteiger partial charge in [0.25, 0.3) is 0 Å². The van der Waals surface area contributed by atoms with Gasteiger partial charge in [0.15, 0.2) is 0 Å².